The van der Waals surface area contributed by atoms with Crippen molar-refractivity contribution in [2.75, 3.05) is 18.1 Å². The van der Waals surface area contributed by atoms with Crippen molar-refractivity contribution in [3.8, 4) is 11.1 Å². The highest BCUT2D eigenvalue weighted by atomic mass is 16.5. The standard InChI is InChI=1S/C24H21NO3/c26-23(25-16-6-10-20-9-4-5-11-22(20)25)17-28-24(27)21-14-12-19(13-15-21)18-7-2-1-3-8-18/h1-5,7-9,11-15H,6,10,16-17H2. The smallest absolute Gasteiger partial charge is 0.338 e. The van der Waals surface area contributed by atoms with Crippen LogP contribution < -0.4 is 4.90 Å². The second kappa shape index (κ2) is 8.09. The fourth-order valence-electron chi connectivity index (χ4n) is 3.51. The Morgan fingerprint density at radius 3 is 2.29 bits per heavy atom. The molecule has 0 aliphatic carbocycles. The second-order valence-electron chi connectivity index (χ2n) is 6.80. The SMILES string of the molecule is O=C(OCC(=O)N1CCCc2ccccc21)c1ccc(-c2ccccc2)cc1. The number of ether oxygens (including phenoxy) is 1. The number of amides is 1. The minimum atomic E-state index is -0.488. The summed E-state index contributed by atoms with van der Waals surface area (Å²) in [5, 5.41) is 0. The number of carbonyl (C=O) groups excluding carboxylic acids is 2. The van der Waals surface area contributed by atoms with Gasteiger partial charge in [-0.3, -0.25) is 4.79 Å². The van der Waals surface area contributed by atoms with E-state index in [-0.39, 0.29) is 12.5 Å². The normalized spacial score (nSPS) is 12.9. The lowest BCUT2D eigenvalue weighted by atomic mass is 10.0. The van der Waals surface area contributed by atoms with Gasteiger partial charge < -0.3 is 9.64 Å². The van der Waals surface area contributed by atoms with Crippen LogP contribution in [0.25, 0.3) is 11.1 Å². The van der Waals surface area contributed by atoms with E-state index in [1.54, 1.807) is 17.0 Å². The Morgan fingerprint density at radius 1 is 0.821 bits per heavy atom. The van der Waals surface area contributed by atoms with E-state index in [1.165, 1.54) is 0 Å². The van der Waals surface area contributed by atoms with Gasteiger partial charge in [-0.15, -0.1) is 0 Å². The fraction of sp³-hybridized carbons (Fsp3) is 0.167. The monoisotopic (exact) mass is 371 g/mol. The quantitative estimate of drug-likeness (QED) is 0.635. The number of para-hydroxylation sites is 1. The van der Waals surface area contributed by atoms with Crippen LogP contribution in [-0.2, 0) is 16.0 Å². The number of anilines is 1. The van der Waals surface area contributed by atoms with Crippen LogP contribution in [-0.4, -0.2) is 25.0 Å². The highest BCUT2D eigenvalue weighted by Crippen LogP contribution is 2.26. The molecule has 0 unspecified atom stereocenters. The van der Waals surface area contributed by atoms with E-state index < -0.39 is 5.97 Å². The molecule has 0 atom stereocenters. The number of aryl methyl sites for hydroxylation is 1. The lowest BCUT2D eigenvalue weighted by molar-refractivity contribution is -0.121. The Labute approximate surface area is 164 Å². The molecule has 1 aliphatic rings. The van der Waals surface area contributed by atoms with Crippen LogP contribution in [0.4, 0.5) is 5.69 Å². The van der Waals surface area contributed by atoms with Crippen molar-refractivity contribution in [2.45, 2.75) is 12.8 Å². The molecule has 4 rings (SSSR count). The Morgan fingerprint density at radius 2 is 1.50 bits per heavy atom. The van der Waals surface area contributed by atoms with E-state index >= 15 is 0 Å². The second-order valence-corrected chi connectivity index (χ2v) is 6.80. The molecule has 1 amide bonds. The maximum Gasteiger partial charge on any atom is 0.338 e. The van der Waals surface area contributed by atoms with Gasteiger partial charge >= 0.3 is 5.97 Å². The largest absolute Gasteiger partial charge is 0.452 e. The van der Waals surface area contributed by atoms with E-state index in [0.29, 0.717) is 12.1 Å². The number of carbonyl (C=O) groups is 2. The third-order valence-corrected chi connectivity index (χ3v) is 4.97. The van der Waals surface area contributed by atoms with E-state index in [0.717, 1.165) is 35.2 Å². The van der Waals surface area contributed by atoms with Gasteiger partial charge in [0.05, 0.1) is 5.56 Å². The Bertz CT molecular complexity index is 980. The zero-order valence-corrected chi connectivity index (χ0v) is 15.5. The van der Waals surface area contributed by atoms with Gasteiger partial charge in [0.25, 0.3) is 5.91 Å². The third kappa shape index (κ3) is 3.81. The number of benzene rings is 3. The summed E-state index contributed by atoms with van der Waals surface area (Å²) in [6.07, 6.45) is 1.88. The van der Waals surface area contributed by atoms with Crippen molar-refractivity contribution in [1.82, 2.24) is 0 Å². The van der Waals surface area contributed by atoms with Gasteiger partial charge in [-0.25, -0.2) is 4.79 Å². The number of hydrogen-bond donors (Lipinski definition) is 0. The van der Waals surface area contributed by atoms with E-state index in [1.807, 2.05) is 66.7 Å². The summed E-state index contributed by atoms with van der Waals surface area (Å²) in [7, 11) is 0. The molecule has 1 heterocycles. The van der Waals surface area contributed by atoms with E-state index in [4.69, 9.17) is 4.74 Å². The van der Waals surface area contributed by atoms with Crippen LogP contribution in [0.2, 0.25) is 0 Å². The molecule has 28 heavy (non-hydrogen) atoms. The fourth-order valence-corrected chi connectivity index (χ4v) is 3.51. The van der Waals surface area contributed by atoms with Crippen molar-refractivity contribution in [3.05, 3.63) is 90.0 Å². The van der Waals surface area contributed by atoms with Crippen molar-refractivity contribution in [3.63, 3.8) is 0 Å². The molecular formula is C24H21NO3. The van der Waals surface area contributed by atoms with Crippen LogP contribution >= 0.6 is 0 Å². The molecule has 0 fully saturated rings. The van der Waals surface area contributed by atoms with E-state index in [2.05, 4.69) is 0 Å². The Kier molecular flexibility index (Phi) is 5.20. The molecule has 0 radical (unpaired) electrons. The first-order chi connectivity index (χ1) is 13.7. The van der Waals surface area contributed by atoms with Crippen molar-refractivity contribution in [2.24, 2.45) is 0 Å². The van der Waals surface area contributed by atoms with Crippen molar-refractivity contribution >= 4 is 17.6 Å². The molecule has 140 valence electrons. The summed E-state index contributed by atoms with van der Waals surface area (Å²) < 4.78 is 5.27. The molecule has 0 bridgehead atoms. The highest BCUT2D eigenvalue weighted by Gasteiger charge is 2.23. The predicted molar refractivity (Wildman–Crippen MR) is 109 cm³/mol. The van der Waals surface area contributed by atoms with Gasteiger partial charge in [-0.05, 0) is 47.7 Å². The number of rotatable bonds is 4. The molecule has 0 saturated heterocycles. The lowest BCUT2D eigenvalue weighted by Gasteiger charge is -2.29. The molecule has 0 saturated carbocycles. The molecular weight excluding hydrogens is 350 g/mol. The number of fused-ring (bicyclic) bond motifs is 1. The molecule has 4 heteroatoms. The first-order valence-electron chi connectivity index (χ1n) is 9.43. The van der Waals surface area contributed by atoms with Gasteiger partial charge in [-0.1, -0.05) is 60.7 Å². The number of nitrogens with zero attached hydrogens (tertiary/aromatic N) is 1. The molecule has 0 spiro atoms. The number of hydrogen-bond acceptors (Lipinski definition) is 3. The minimum Gasteiger partial charge on any atom is -0.452 e. The molecule has 3 aromatic rings. The van der Waals surface area contributed by atoms with Crippen molar-refractivity contribution in [1.29, 1.82) is 0 Å². The lowest BCUT2D eigenvalue weighted by Crippen LogP contribution is -2.38. The Balaban J connectivity index is 1.39. The molecule has 1 aliphatic heterocycles. The Hall–Kier alpha value is -3.40. The average Bonchev–Trinajstić information content (AvgIpc) is 2.77. The van der Waals surface area contributed by atoms with E-state index in [9.17, 15) is 9.59 Å². The van der Waals surface area contributed by atoms with Crippen LogP contribution in [0.3, 0.4) is 0 Å². The maximum absolute atomic E-state index is 12.6. The zero-order chi connectivity index (χ0) is 19.3. The van der Waals surface area contributed by atoms with Gasteiger partial charge in [0.1, 0.15) is 0 Å². The van der Waals surface area contributed by atoms with Crippen LogP contribution in [0.15, 0.2) is 78.9 Å². The summed E-state index contributed by atoms with van der Waals surface area (Å²) in [5.41, 5.74) is 4.62. The predicted octanol–water partition coefficient (Wildman–Crippen LogP) is 4.49. The van der Waals surface area contributed by atoms with Gasteiger partial charge in [-0.2, -0.15) is 0 Å². The summed E-state index contributed by atoms with van der Waals surface area (Å²) in [6.45, 7) is 0.396. The molecule has 0 aromatic heterocycles. The molecule has 4 nitrogen and oxygen atoms in total. The van der Waals surface area contributed by atoms with Crippen LogP contribution in [0.1, 0.15) is 22.3 Å². The van der Waals surface area contributed by atoms with Gasteiger partial charge in [0, 0.05) is 12.2 Å². The summed E-state index contributed by atoms with van der Waals surface area (Å²) >= 11 is 0. The number of esters is 1. The summed E-state index contributed by atoms with van der Waals surface area (Å²) in [5.74, 6) is -0.681. The van der Waals surface area contributed by atoms with Crippen LogP contribution in [0, 0.1) is 0 Å². The third-order valence-electron chi connectivity index (χ3n) is 4.97. The minimum absolute atomic E-state index is 0.193. The van der Waals surface area contributed by atoms with Crippen LogP contribution in [0.5, 0.6) is 0 Å². The summed E-state index contributed by atoms with van der Waals surface area (Å²) in [6, 6.07) is 25.0. The highest BCUT2D eigenvalue weighted by molar-refractivity contribution is 5.98. The summed E-state index contributed by atoms with van der Waals surface area (Å²) in [4.78, 5) is 26.6. The van der Waals surface area contributed by atoms with Gasteiger partial charge in [0.2, 0.25) is 0 Å². The molecule has 0 N–H and O–H groups in total. The first-order valence-corrected chi connectivity index (χ1v) is 9.43. The average molecular weight is 371 g/mol. The first kappa shape index (κ1) is 18.0. The topological polar surface area (TPSA) is 46.6 Å². The van der Waals surface area contributed by atoms with Crippen molar-refractivity contribution < 1.29 is 14.3 Å². The van der Waals surface area contributed by atoms with Gasteiger partial charge in [0.15, 0.2) is 6.61 Å². The zero-order valence-electron chi connectivity index (χ0n) is 15.5. The maximum atomic E-state index is 12.6. The molecule has 3 aromatic carbocycles.